The topological polar surface area (TPSA) is 87.7 Å². The maximum Gasteiger partial charge on any atom is 0.336 e. The van der Waals surface area contributed by atoms with Gasteiger partial charge in [-0.3, -0.25) is 4.79 Å². The van der Waals surface area contributed by atoms with Crippen LogP contribution in [0.2, 0.25) is 0 Å². The van der Waals surface area contributed by atoms with E-state index in [1.807, 2.05) is 0 Å². The van der Waals surface area contributed by atoms with Crippen molar-refractivity contribution in [2.75, 3.05) is 20.2 Å². The van der Waals surface area contributed by atoms with Gasteiger partial charge in [-0.25, -0.2) is 4.79 Å². The van der Waals surface area contributed by atoms with E-state index in [0.29, 0.717) is 6.04 Å². The Kier molecular flexibility index (Phi) is 4.51. The van der Waals surface area contributed by atoms with Crippen LogP contribution in [0.3, 0.4) is 0 Å². The molecule has 0 aromatic carbocycles. The summed E-state index contributed by atoms with van der Waals surface area (Å²) in [6.45, 7) is 0.108. The Bertz CT molecular complexity index is 240. The molecular formula is C9H16N2O4. The lowest BCUT2D eigenvalue weighted by atomic mass is 10.3. The third-order valence-corrected chi connectivity index (χ3v) is 2.09. The number of aliphatic hydroxyl groups excluding tert-OH is 1. The average molecular weight is 216 g/mol. The Labute approximate surface area is 88.0 Å². The number of carbonyl (C=O) groups is 2. The highest BCUT2D eigenvalue weighted by Crippen LogP contribution is 2.17. The number of rotatable bonds is 6. The van der Waals surface area contributed by atoms with Gasteiger partial charge in [-0.05, 0) is 12.8 Å². The zero-order valence-electron chi connectivity index (χ0n) is 8.66. The highest BCUT2D eigenvalue weighted by Gasteiger charge is 2.21. The maximum absolute atomic E-state index is 11.2. The first-order valence-electron chi connectivity index (χ1n) is 4.89. The summed E-state index contributed by atoms with van der Waals surface area (Å²) < 4.78 is 4.30. The fourth-order valence-electron chi connectivity index (χ4n) is 1.02. The summed E-state index contributed by atoms with van der Waals surface area (Å²) >= 11 is 0. The van der Waals surface area contributed by atoms with Crippen LogP contribution in [0.5, 0.6) is 0 Å². The monoisotopic (exact) mass is 216 g/mol. The van der Waals surface area contributed by atoms with E-state index < -0.39 is 12.1 Å². The van der Waals surface area contributed by atoms with E-state index in [1.165, 1.54) is 7.11 Å². The van der Waals surface area contributed by atoms with Crippen LogP contribution < -0.4 is 10.6 Å². The summed E-state index contributed by atoms with van der Waals surface area (Å²) in [6.07, 6.45) is 0.927. The molecule has 1 rings (SSSR count). The molecule has 6 nitrogen and oxygen atoms in total. The lowest BCUT2D eigenvalue weighted by molar-refractivity contribution is -0.150. The molecule has 15 heavy (non-hydrogen) atoms. The second kappa shape index (κ2) is 5.67. The number of hydrogen-bond acceptors (Lipinski definition) is 5. The summed E-state index contributed by atoms with van der Waals surface area (Å²) in [5.41, 5.74) is 0. The number of methoxy groups -OCH3 is 1. The lowest BCUT2D eigenvalue weighted by Gasteiger charge is -2.09. The molecule has 0 aromatic heterocycles. The van der Waals surface area contributed by atoms with Crippen molar-refractivity contribution >= 4 is 11.9 Å². The summed E-state index contributed by atoms with van der Waals surface area (Å²) in [5.74, 6) is -0.977. The molecule has 1 fully saturated rings. The first kappa shape index (κ1) is 11.9. The van der Waals surface area contributed by atoms with E-state index in [4.69, 9.17) is 5.11 Å². The number of ether oxygens (including phenoxy) is 1. The van der Waals surface area contributed by atoms with Crippen LogP contribution >= 0.6 is 0 Å². The largest absolute Gasteiger partial charge is 0.467 e. The number of aliphatic hydroxyl groups is 1. The number of carbonyl (C=O) groups excluding carboxylic acids is 2. The van der Waals surface area contributed by atoms with Crippen LogP contribution in [-0.4, -0.2) is 49.3 Å². The van der Waals surface area contributed by atoms with Crippen molar-refractivity contribution in [3.63, 3.8) is 0 Å². The molecule has 0 radical (unpaired) electrons. The second-order valence-electron chi connectivity index (χ2n) is 3.50. The molecule has 1 aliphatic rings. The van der Waals surface area contributed by atoms with E-state index in [0.717, 1.165) is 12.8 Å². The fourth-order valence-corrected chi connectivity index (χ4v) is 1.02. The lowest BCUT2D eigenvalue weighted by Crippen LogP contribution is -2.41. The molecule has 86 valence electrons. The quantitative estimate of drug-likeness (QED) is 0.465. The van der Waals surface area contributed by atoms with Crippen molar-refractivity contribution in [2.45, 2.75) is 25.0 Å². The minimum absolute atomic E-state index is 0.113. The summed E-state index contributed by atoms with van der Waals surface area (Å²) in [4.78, 5) is 21.9. The minimum Gasteiger partial charge on any atom is -0.467 e. The molecule has 0 bridgehead atoms. The minimum atomic E-state index is -1.29. The van der Waals surface area contributed by atoms with Crippen LogP contribution in [0.15, 0.2) is 0 Å². The number of amides is 1. The molecule has 0 aliphatic heterocycles. The van der Waals surface area contributed by atoms with Gasteiger partial charge in [-0.15, -0.1) is 0 Å². The van der Waals surface area contributed by atoms with Crippen LogP contribution in [0, 0.1) is 0 Å². The zero-order valence-corrected chi connectivity index (χ0v) is 8.66. The summed E-state index contributed by atoms with van der Waals surface area (Å²) in [7, 11) is 1.18. The molecular weight excluding hydrogens is 200 g/mol. The Morgan fingerprint density at radius 2 is 2.20 bits per heavy atom. The Balaban J connectivity index is 2.06. The third-order valence-electron chi connectivity index (χ3n) is 2.09. The van der Waals surface area contributed by atoms with E-state index in [9.17, 15) is 9.59 Å². The third kappa shape index (κ3) is 4.75. The van der Waals surface area contributed by atoms with Gasteiger partial charge >= 0.3 is 5.97 Å². The van der Waals surface area contributed by atoms with Crippen LogP contribution in [0.25, 0.3) is 0 Å². The van der Waals surface area contributed by atoms with Gasteiger partial charge < -0.3 is 20.5 Å². The van der Waals surface area contributed by atoms with Gasteiger partial charge in [0.25, 0.3) is 0 Å². The Morgan fingerprint density at radius 3 is 2.73 bits per heavy atom. The van der Waals surface area contributed by atoms with Crippen molar-refractivity contribution < 1.29 is 19.4 Å². The second-order valence-corrected chi connectivity index (χ2v) is 3.50. The fraction of sp³-hybridized carbons (Fsp3) is 0.778. The van der Waals surface area contributed by atoms with Crippen molar-refractivity contribution in [1.82, 2.24) is 10.6 Å². The predicted molar refractivity (Wildman–Crippen MR) is 52.1 cm³/mol. The van der Waals surface area contributed by atoms with E-state index >= 15 is 0 Å². The molecule has 1 amide bonds. The van der Waals surface area contributed by atoms with Gasteiger partial charge in [0.1, 0.15) is 0 Å². The van der Waals surface area contributed by atoms with Crippen molar-refractivity contribution in [3.8, 4) is 0 Å². The first-order chi connectivity index (χ1) is 7.13. The number of esters is 1. The molecule has 1 unspecified atom stereocenters. The summed E-state index contributed by atoms with van der Waals surface area (Å²) in [5, 5.41) is 14.6. The van der Waals surface area contributed by atoms with Gasteiger partial charge in [0.15, 0.2) is 6.10 Å². The smallest absolute Gasteiger partial charge is 0.336 e. The standard InChI is InChI=1S/C9H16N2O4/c1-15-9(14)7(12)4-11-8(13)5-10-6-2-3-6/h6-7,10,12H,2-5H2,1H3,(H,11,13). The zero-order chi connectivity index (χ0) is 11.3. The molecule has 0 aromatic rings. The molecule has 0 spiro atoms. The van der Waals surface area contributed by atoms with E-state index in [-0.39, 0.29) is 19.0 Å². The van der Waals surface area contributed by atoms with Crippen molar-refractivity contribution in [3.05, 3.63) is 0 Å². The van der Waals surface area contributed by atoms with Crippen LogP contribution in [0.1, 0.15) is 12.8 Å². The van der Waals surface area contributed by atoms with Crippen molar-refractivity contribution in [2.24, 2.45) is 0 Å². The highest BCUT2D eigenvalue weighted by molar-refractivity contribution is 5.80. The average Bonchev–Trinajstić information content (AvgIpc) is 3.05. The normalized spacial score (nSPS) is 16.9. The van der Waals surface area contributed by atoms with Crippen LogP contribution in [-0.2, 0) is 14.3 Å². The molecule has 6 heteroatoms. The van der Waals surface area contributed by atoms with Gasteiger partial charge in [0, 0.05) is 6.04 Å². The molecule has 1 atom stereocenters. The highest BCUT2D eigenvalue weighted by atomic mass is 16.5. The van der Waals surface area contributed by atoms with Gasteiger partial charge in [-0.2, -0.15) is 0 Å². The Morgan fingerprint density at radius 1 is 1.53 bits per heavy atom. The predicted octanol–water partition coefficient (Wildman–Crippen LogP) is -1.61. The molecule has 0 heterocycles. The number of nitrogens with one attached hydrogen (secondary N) is 2. The van der Waals surface area contributed by atoms with E-state index in [2.05, 4.69) is 15.4 Å². The Hall–Kier alpha value is -1.14. The molecule has 0 saturated heterocycles. The van der Waals surface area contributed by atoms with Gasteiger partial charge in [0.2, 0.25) is 5.91 Å². The SMILES string of the molecule is COC(=O)C(O)CNC(=O)CNC1CC1. The van der Waals surface area contributed by atoms with Gasteiger partial charge in [-0.1, -0.05) is 0 Å². The first-order valence-corrected chi connectivity index (χ1v) is 4.89. The number of hydrogen-bond donors (Lipinski definition) is 3. The molecule has 3 N–H and O–H groups in total. The van der Waals surface area contributed by atoms with Gasteiger partial charge in [0.05, 0.1) is 20.2 Å². The summed E-state index contributed by atoms with van der Waals surface area (Å²) in [6, 6.07) is 0.460. The van der Waals surface area contributed by atoms with Crippen molar-refractivity contribution in [1.29, 1.82) is 0 Å². The maximum atomic E-state index is 11.2. The molecule has 1 aliphatic carbocycles. The van der Waals surface area contributed by atoms with Crippen LogP contribution in [0.4, 0.5) is 0 Å². The molecule has 1 saturated carbocycles. The van der Waals surface area contributed by atoms with E-state index in [1.54, 1.807) is 0 Å².